The lowest BCUT2D eigenvalue weighted by Gasteiger charge is -2.06. The van der Waals surface area contributed by atoms with Crippen molar-refractivity contribution in [3.8, 4) is 0 Å². The van der Waals surface area contributed by atoms with Crippen LogP contribution in [0, 0.1) is 13.8 Å². The van der Waals surface area contributed by atoms with E-state index in [4.69, 9.17) is 5.11 Å². The van der Waals surface area contributed by atoms with Crippen molar-refractivity contribution in [1.29, 1.82) is 0 Å². The molecule has 0 aliphatic rings. The molecular formula is C13H20N2O3S. The van der Waals surface area contributed by atoms with Gasteiger partial charge in [-0.05, 0) is 38.3 Å². The number of hydrogen-bond donors (Lipinski definition) is 3. The van der Waals surface area contributed by atoms with Crippen molar-refractivity contribution in [2.24, 2.45) is 0 Å². The number of aryl methyl sites for hydroxylation is 2. The van der Waals surface area contributed by atoms with Crippen LogP contribution in [-0.4, -0.2) is 23.7 Å². The third kappa shape index (κ3) is 6.24. The number of urea groups is 1. The summed E-state index contributed by atoms with van der Waals surface area (Å²) in [5.74, 6) is -0.798. The first-order chi connectivity index (χ1) is 8.99. The molecule has 0 radical (unpaired) electrons. The Bertz CT molecular complexity index is 424. The third-order valence-corrected chi connectivity index (χ3v) is 3.90. The summed E-state index contributed by atoms with van der Waals surface area (Å²) in [6, 6.07) is 1.87. The number of carbonyl (C=O) groups is 2. The van der Waals surface area contributed by atoms with Crippen LogP contribution in [-0.2, 0) is 11.3 Å². The van der Waals surface area contributed by atoms with Crippen LogP contribution in [0.3, 0.4) is 0 Å². The molecule has 1 rings (SSSR count). The smallest absolute Gasteiger partial charge is 0.315 e. The van der Waals surface area contributed by atoms with Crippen molar-refractivity contribution < 1.29 is 14.7 Å². The number of hydrogen-bond acceptors (Lipinski definition) is 3. The second kappa shape index (κ2) is 7.78. The highest BCUT2D eigenvalue weighted by Gasteiger charge is 2.04. The first-order valence-electron chi connectivity index (χ1n) is 6.28. The number of carboxylic acids is 1. The van der Waals surface area contributed by atoms with Gasteiger partial charge in [0.15, 0.2) is 0 Å². The van der Waals surface area contributed by atoms with Gasteiger partial charge in [0.1, 0.15) is 0 Å². The predicted octanol–water partition coefficient (Wildman–Crippen LogP) is 2.42. The number of unbranched alkanes of at least 4 members (excludes halogenated alkanes) is 1. The lowest BCUT2D eigenvalue weighted by Crippen LogP contribution is -2.35. The second-order valence-corrected chi connectivity index (χ2v) is 5.75. The normalized spacial score (nSPS) is 10.2. The van der Waals surface area contributed by atoms with E-state index in [1.54, 1.807) is 11.3 Å². The summed E-state index contributed by atoms with van der Waals surface area (Å²) in [6.07, 6.45) is 1.41. The zero-order chi connectivity index (χ0) is 14.3. The minimum Gasteiger partial charge on any atom is -0.481 e. The van der Waals surface area contributed by atoms with Crippen molar-refractivity contribution in [2.75, 3.05) is 6.54 Å². The first-order valence-corrected chi connectivity index (χ1v) is 7.10. The number of amides is 2. The summed E-state index contributed by atoms with van der Waals surface area (Å²) in [5, 5.41) is 14.0. The van der Waals surface area contributed by atoms with Crippen LogP contribution < -0.4 is 10.6 Å². The lowest BCUT2D eigenvalue weighted by atomic mass is 10.2. The molecule has 5 nitrogen and oxygen atoms in total. The molecule has 0 spiro atoms. The quantitative estimate of drug-likeness (QED) is 0.673. The molecule has 0 unspecified atom stereocenters. The summed E-state index contributed by atoms with van der Waals surface area (Å²) < 4.78 is 0. The molecule has 2 amide bonds. The van der Waals surface area contributed by atoms with Crippen LogP contribution in [0.5, 0.6) is 0 Å². The van der Waals surface area contributed by atoms with E-state index in [1.807, 2.05) is 0 Å². The summed E-state index contributed by atoms with van der Waals surface area (Å²) in [5.41, 5.74) is 1.25. The van der Waals surface area contributed by atoms with Gasteiger partial charge in [-0.2, -0.15) is 0 Å². The van der Waals surface area contributed by atoms with Gasteiger partial charge in [-0.1, -0.05) is 0 Å². The van der Waals surface area contributed by atoms with Crippen molar-refractivity contribution in [3.63, 3.8) is 0 Å². The van der Waals surface area contributed by atoms with E-state index >= 15 is 0 Å². The van der Waals surface area contributed by atoms with E-state index in [2.05, 4.69) is 30.5 Å². The highest BCUT2D eigenvalue weighted by Crippen LogP contribution is 2.20. The van der Waals surface area contributed by atoms with Gasteiger partial charge in [0.25, 0.3) is 0 Å². The van der Waals surface area contributed by atoms with Crippen LogP contribution >= 0.6 is 11.3 Å². The average Bonchev–Trinajstić information content (AvgIpc) is 2.65. The van der Waals surface area contributed by atoms with Crippen molar-refractivity contribution in [3.05, 3.63) is 21.4 Å². The molecular weight excluding hydrogens is 264 g/mol. The summed E-state index contributed by atoms with van der Waals surface area (Å²) in [7, 11) is 0. The number of thiophene rings is 1. The molecule has 0 aromatic carbocycles. The molecule has 0 aliphatic carbocycles. The second-order valence-electron chi connectivity index (χ2n) is 4.41. The monoisotopic (exact) mass is 284 g/mol. The summed E-state index contributed by atoms with van der Waals surface area (Å²) >= 11 is 1.68. The van der Waals surface area contributed by atoms with Crippen LogP contribution in [0.25, 0.3) is 0 Å². The largest absolute Gasteiger partial charge is 0.481 e. The first kappa shape index (κ1) is 15.5. The fourth-order valence-corrected chi connectivity index (χ4v) is 2.56. The van der Waals surface area contributed by atoms with Gasteiger partial charge in [-0.15, -0.1) is 11.3 Å². The summed E-state index contributed by atoms with van der Waals surface area (Å²) in [6.45, 7) is 5.14. The lowest BCUT2D eigenvalue weighted by molar-refractivity contribution is -0.137. The highest BCUT2D eigenvalue weighted by molar-refractivity contribution is 7.12. The molecule has 0 aliphatic heterocycles. The minimum absolute atomic E-state index is 0.150. The maximum absolute atomic E-state index is 11.5. The molecule has 0 atom stereocenters. The van der Waals surface area contributed by atoms with Gasteiger partial charge in [-0.25, -0.2) is 4.79 Å². The van der Waals surface area contributed by atoms with Gasteiger partial charge >= 0.3 is 12.0 Å². The van der Waals surface area contributed by atoms with E-state index in [-0.39, 0.29) is 12.5 Å². The zero-order valence-electron chi connectivity index (χ0n) is 11.3. The van der Waals surface area contributed by atoms with Gasteiger partial charge in [0.05, 0.1) is 6.54 Å². The van der Waals surface area contributed by atoms with Crippen LogP contribution in [0.1, 0.15) is 34.6 Å². The Morgan fingerprint density at radius 1 is 1.26 bits per heavy atom. The Morgan fingerprint density at radius 3 is 2.58 bits per heavy atom. The minimum atomic E-state index is -0.798. The maximum Gasteiger partial charge on any atom is 0.315 e. The van der Waals surface area contributed by atoms with Crippen LogP contribution in [0.15, 0.2) is 6.07 Å². The maximum atomic E-state index is 11.5. The Morgan fingerprint density at radius 2 is 2.00 bits per heavy atom. The van der Waals surface area contributed by atoms with Gasteiger partial charge in [0, 0.05) is 22.7 Å². The van der Waals surface area contributed by atoms with E-state index in [0.29, 0.717) is 25.9 Å². The highest BCUT2D eigenvalue weighted by atomic mass is 32.1. The molecule has 1 aromatic rings. The molecule has 0 saturated carbocycles. The van der Waals surface area contributed by atoms with Crippen LogP contribution in [0.4, 0.5) is 4.79 Å². The Labute approximate surface area is 117 Å². The molecule has 6 heteroatoms. The average molecular weight is 284 g/mol. The SMILES string of the molecule is Cc1cc(CNC(=O)NCCCCC(=O)O)sc1C. The number of carbonyl (C=O) groups excluding carboxylic acids is 1. The van der Waals surface area contributed by atoms with Gasteiger partial charge in [-0.3, -0.25) is 4.79 Å². The van der Waals surface area contributed by atoms with Crippen molar-refractivity contribution in [1.82, 2.24) is 10.6 Å². The molecule has 0 fully saturated rings. The Kier molecular flexibility index (Phi) is 6.35. The molecule has 0 saturated heterocycles. The van der Waals surface area contributed by atoms with Gasteiger partial charge in [0.2, 0.25) is 0 Å². The topological polar surface area (TPSA) is 78.4 Å². The predicted molar refractivity (Wildman–Crippen MR) is 75.5 cm³/mol. The van der Waals surface area contributed by atoms with Crippen LogP contribution in [0.2, 0.25) is 0 Å². The molecule has 0 bridgehead atoms. The Balaban J connectivity index is 2.12. The van der Waals surface area contributed by atoms with E-state index < -0.39 is 5.97 Å². The molecule has 19 heavy (non-hydrogen) atoms. The van der Waals surface area contributed by atoms with E-state index in [1.165, 1.54) is 10.4 Å². The molecule has 3 N–H and O–H groups in total. The van der Waals surface area contributed by atoms with Crippen molar-refractivity contribution >= 4 is 23.3 Å². The van der Waals surface area contributed by atoms with E-state index in [0.717, 1.165) is 4.88 Å². The molecule has 1 aromatic heterocycles. The zero-order valence-corrected chi connectivity index (χ0v) is 12.1. The Hall–Kier alpha value is -1.56. The molecule has 106 valence electrons. The number of rotatable bonds is 7. The molecule has 1 heterocycles. The number of nitrogens with one attached hydrogen (secondary N) is 2. The number of aliphatic carboxylic acids is 1. The fourth-order valence-electron chi connectivity index (χ4n) is 1.57. The van der Waals surface area contributed by atoms with E-state index in [9.17, 15) is 9.59 Å². The van der Waals surface area contributed by atoms with Crippen molar-refractivity contribution in [2.45, 2.75) is 39.7 Å². The van der Waals surface area contributed by atoms with Gasteiger partial charge < -0.3 is 15.7 Å². The summed E-state index contributed by atoms with van der Waals surface area (Å²) in [4.78, 5) is 24.2. The third-order valence-electron chi connectivity index (χ3n) is 2.74. The fraction of sp³-hybridized carbons (Fsp3) is 0.538. The standard InChI is InChI=1S/C13H20N2O3S/c1-9-7-11(19-10(9)2)8-15-13(18)14-6-4-3-5-12(16)17/h7H,3-6,8H2,1-2H3,(H,16,17)(H2,14,15,18). The number of carboxylic acid groups (broad SMARTS) is 1.